The molecule has 144 valence electrons. The number of nitrogens with one attached hydrogen (secondary N) is 2. The van der Waals surface area contributed by atoms with Crippen LogP contribution in [0.5, 0.6) is 0 Å². The summed E-state index contributed by atoms with van der Waals surface area (Å²) in [5, 5.41) is 14.5. The highest BCUT2D eigenvalue weighted by molar-refractivity contribution is 6.00. The lowest BCUT2D eigenvalue weighted by molar-refractivity contribution is -0.117. The quantitative estimate of drug-likeness (QED) is 0.422. The molecule has 0 saturated heterocycles. The average Bonchev–Trinajstić information content (AvgIpc) is 3.25. The Bertz CT molecular complexity index is 941. The summed E-state index contributed by atoms with van der Waals surface area (Å²) in [7, 11) is 2.43. The van der Waals surface area contributed by atoms with Crippen LogP contribution in [0.1, 0.15) is 26.5 Å². The highest BCUT2D eigenvalue weighted by Gasteiger charge is 2.16. The number of benzene rings is 1. The summed E-state index contributed by atoms with van der Waals surface area (Å²) in [6.07, 6.45) is 2.59. The van der Waals surface area contributed by atoms with Crippen molar-refractivity contribution in [2.75, 3.05) is 19.5 Å². The maximum Gasteiger partial charge on any atom is 0.339 e. The number of nitriles is 1. The average molecular weight is 383 g/mol. The van der Waals surface area contributed by atoms with Crippen molar-refractivity contribution in [1.29, 1.82) is 5.26 Å². The lowest BCUT2D eigenvalue weighted by Crippen LogP contribution is -2.24. The van der Waals surface area contributed by atoms with Gasteiger partial charge >= 0.3 is 11.9 Å². The summed E-state index contributed by atoms with van der Waals surface area (Å²) in [6.45, 7) is 0.107. The smallest absolute Gasteiger partial charge is 0.339 e. The number of carbonyl (C=O) groups is 3. The van der Waals surface area contributed by atoms with Crippen LogP contribution in [-0.4, -0.2) is 32.1 Å². The van der Waals surface area contributed by atoms with Crippen molar-refractivity contribution in [3.05, 3.63) is 65.3 Å². The summed E-state index contributed by atoms with van der Waals surface area (Å²) >= 11 is 0. The number of amides is 1. The zero-order chi connectivity index (χ0) is 20.5. The summed E-state index contributed by atoms with van der Waals surface area (Å²) < 4.78 is 14.4. The minimum absolute atomic E-state index is 0.107. The van der Waals surface area contributed by atoms with E-state index in [1.807, 2.05) is 0 Å². The van der Waals surface area contributed by atoms with Gasteiger partial charge in [-0.2, -0.15) is 5.26 Å². The molecule has 0 bridgehead atoms. The molecule has 0 saturated carbocycles. The fourth-order valence-electron chi connectivity index (χ4n) is 2.17. The van der Waals surface area contributed by atoms with Crippen LogP contribution in [0.2, 0.25) is 0 Å². The van der Waals surface area contributed by atoms with Crippen molar-refractivity contribution in [2.24, 2.45) is 0 Å². The lowest BCUT2D eigenvalue weighted by atomic mass is 10.1. The molecule has 0 unspecified atom stereocenters. The lowest BCUT2D eigenvalue weighted by Gasteiger charge is -2.10. The number of ether oxygens (including phenoxy) is 2. The fraction of sp³-hybridized carbons (Fsp3) is 0.158. The molecule has 0 aliphatic carbocycles. The zero-order valence-corrected chi connectivity index (χ0v) is 15.1. The van der Waals surface area contributed by atoms with E-state index in [1.165, 1.54) is 38.7 Å². The SMILES string of the molecule is COC(=O)c1ccc(C(=O)OC)c(N/C=C(/C#N)C(=O)NCc2ccco2)c1. The van der Waals surface area contributed by atoms with Crippen molar-refractivity contribution in [3.63, 3.8) is 0 Å². The maximum absolute atomic E-state index is 12.1. The van der Waals surface area contributed by atoms with Crippen molar-refractivity contribution >= 4 is 23.5 Å². The van der Waals surface area contributed by atoms with E-state index in [2.05, 4.69) is 15.4 Å². The Morgan fingerprint density at radius 3 is 2.54 bits per heavy atom. The van der Waals surface area contributed by atoms with Gasteiger partial charge in [-0.1, -0.05) is 0 Å². The van der Waals surface area contributed by atoms with Gasteiger partial charge in [-0.15, -0.1) is 0 Å². The highest BCUT2D eigenvalue weighted by Crippen LogP contribution is 2.20. The van der Waals surface area contributed by atoms with Crippen LogP contribution in [0.4, 0.5) is 5.69 Å². The molecule has 0 fully saturated rings. The van der Waals surface area contributed by atoms with Gasteiger partial charge < -0.3 is 24.5 Å². The minimum Gasteiger partial charge on any atom is -0.467 e. The normalized spacial score (nSPS) is 10.5. The largest absolute Gasteiger partial charge is 0.467 e. The molecule has 0 spiro atoms. The van der Waals surface area contributed by atoms with Gasteiger partial charge in [0.15, 0.2) is 0 Å². The Morgan fingerprint density at radius 1 is 1.18 bits per heavy atom. The first kappa shape index (κ1) is 20.3. The molecular weight excluding hydrogens is 366 g/mol. The molecule has 0 aliphatic heterocycles. The molecule has 9 heteroatoms. The van der Waals surface area contributed by atoms with Gasteiger partial charge in [0.05, 0.1) is 43.8 Å². The molecule has 28 heavy (non-hydrogen) atoms. The molecule has 2 N–H and O–H groups in total. The molecule has 0 radical (unpaired) electrons. The summed E-state index contributed by atoms with van der Waals surface area (Å²) in [5.41, 5.74) is 0.207. The standard InChI is InChI=1S/C19H17N3O6/c1-26-18(24)12-5-6-15(19(25)27-2)16(8-12)21-10-13(9-20)17(23)22-11-14-4-3-7-28-14/h3-8,10,21H,11H2,1-2H3,(H,22,23)/b13-10-. The Hall–Kier alpha value is -4.06. The molecule has 0 aliphatic rings. The van der Waals surface area contributed by atoms with Crippen molar-refractivity contribution < 1.29 is 28.3 Å². The molecule has 2 rings (SSSR count). The van der Waals surface area contributed by atoms with Crippen molar-refractivity contribution in [1.82, 2.24) is 5.32 Å². The van der Waals surface area contributed by atoms with E-state index >= 15 is 0 Å². The van der Waals surface area contributed by atoms with Crippen molar-refractivity contribution in [3.8, 4) is 6.07 Å². The van der Waals surface area contributed by atoms with Gasteiger partial charge in [0.2, 0.25) is 0 Å². The first-order valence-corrected chi connectivity index (χ1v) is 7.98. The van der Waals surface area contributed by atoms with Gasteiger partial charge in [-0.05, 0) is 30.3 Å². The fourth-order valence-corrected chi connectivity index (χ4v) is 2.17. The van der Waals surface area contributed by atoms with E-state index in [-0.39, 0.29) is 28.9 Å². The Morgan fingerprint density at radius 2 is 1.93 bits per heavy atom. The van der Waals surface area contributed by atoms with Gasteiger partial charge in [0, 0.05) is 6.20 Å². The first-order valence-electron chi connectivity index (χ1n) is 7.98. The van der Waals surface area contributed by atoms with Gasteiger partial charge in [-0.25, -0.2) is 9.59 Å². The van der Waals surface area contributed by atoms with E-state index in [1.54, 1.807) is 18.2 Å². The molecule has 1 amide bonds. The van der Waals surface area contributed by atoms with Crippen LogP contribution in [0.25, 0.3) is 0 Å². The van der Waals surface area contributed by atoms with Crippen LogP contribution in [0.15, 0.2) is 52.8 Å². The molecule has 1 heterocycles. The Kier molecular flexibility index (Phi) is 6.93. The third-order valence-electron chi connectivity index (χ3n) is 3.59. The molecule has 1 aromatic carbocycles. The topological polar surface area (TPSA) is 131 Å². The van der Waals surface area contributed by atoms with E-state index in [9.17, 15) is 19.6 Å². The number of anilines is 1. The van der Waals surface area contributed by atoms with E-state index in [0.717, 1.165) is 6.20 Å². The Balaban J connectivity index is 2.22. The third-order valence-corrected chi connectivity index (χ3v) is 3.59. The van der Waals surface area contributed by atoms with Gasteiger partial charge in [-0.3, -0.25) is 4.79 Å². The molecular formula is C19H17N3O6. The molecule has 2 aromatic rings. The summed E-state index contributed by atoms with van der Waals surface area (Å²) in [4.78, 5) is 35.8. The number of carbonyl (C=O) groups excluding carboxylic acids is 3. The number of esters is 2. The van der Waals surface area contributed by atoms with Gasteiger partial charge in [0.25, 0.3) is 5.91 Å². The van der Waals surface area contributed by atoms with Crippen LogP contribution in [-0.2, 0) is 20.8 Å². The van der Waals surface area contributed by atoms with Crippen LogP contribution >= 0.6 is 0 Å². The highest BCUT2D eigenvalue weighted by atomic mass is 16.5. The Labute approximate surface area is 160 Å². The summed E-state index contributed by atoms with van der Waals surface area (Å²) in [6, 6.07) is 9.23. The van der Waals surface area contributed by atoms with Crippen LogP contribution < -0.4 is 10.6 Å². The van der Waals surface area contributed by atoms with Gasteiger partial charge in [0.1, 0.15) is 17.4 Å². The molecule has 0 atom stereocenters. The van der Waals surface area contributed by atoms with Crippen LogP contribution in [0, 0.1) is 11.3 Å². The molecule has 1 aromatic heterocycles. The monoisotopic (exact) mass is 383 g/mol. The second-order valence-electron chi connectivity index (χ2n) is 5.32. The number of furan rings is 1. The number of nitrogens with zero attached hydrogens (tertiary/aromatic N) is 1. The zero-order valence-electron chi connectivity index (χ0n) is 15.1. The number of hydrogen-bond acceptors (Lipinski definition) is 8. The number of hydrogen-bond donors (Lipinski definition) is 2. The third kappa shape index (κ3) is 4.98. The number of rotatable bonds is 7. The van der Waals surface area contributed by atoms with Crippen molar-refractivity contribution in [2.45, 2.75) is 6.54 Å². The predicted molar refractivity (Wildman–Crippen MR) is 97.0 cm³/mol. The second-order valence-corrected chi connectivity index (χ2v) is 5.32. The van der Waals surface area contributed by atoms with E-state index < -0.39 is 17.8 Å². The molecule has 9 nitrogen and oxygen atoms in total. The van der Waals surface area contributed by atoms with Crippen LogP contribution in [0.3, 0.4) is 0 Å². The minimum atomic E-state index is -0.659. The number of methoxy groups -OCH3 is 2. The van der Waals surface area contributed by atoms with E-state index in [0.29, 0.717) is 5.76 Å². The first-order chi connectivity index (χ1) is 13.5. The predicted octanol–water partition coefficient (Wildman–Crippen LogP) is 1.99. The maximum atomic E-state index is 12.1. The van der Waals surface area contributed by atoms with E-state index in [4.69, 9.17) is 9.15 Å². The second kappa shape index (κ2) is 9.59. The summed E-state index contributed by atoms with van der Waals surface area (Å²) in [5.74, 6) is -1.39.